The molecule has 3 heteroatoms. The van der Waals surface area contributed by atoms with Crippen LogP contribution in [-0.4, -0.2) is 18.7 Å². The third-order valence-corrected chi connectivity index (χ3v) is 2.97. The van der Waals surface area contributed by atoms with E-state index in [2.05, 4.69) is 31.3 Å². The van der Waals surface area contributed by atoms with E-state index >= 15 is 0 Å². The lowest BCUT2D eigenvalue weighted by atomic mass is 10.1. The summed E-state index contributed by atoms with van der Waals surface area (Å²) in [6.07, 6.45) is 2.52. The molecule has 0 fully saturated rings. The van der Waals surface area contributed by atoms with Crippen LogP contribution in [0.4, 0.5) is 0 Å². The number of amides is 1. The van der Waals surface area contributed by atoms with E-state index in [1.807, 2.05) is 18.4 Å². The molecule has 16 heavy (non-hydrogen) atoms. The summed E-state index contributed by atoms with van der Waals surface area (Å²) < 4.78 is 0. The predicted octanol–water partition coefficient (Wildman–Crippen LogP) is 2.72. The Labute approximate surface area is 102 Å². The maximum absolute atomic E-state index is 11.6. The number of nitrogens with one attached hydrogen (secondary N) is 1. The van der Waals surface area contributed by atoms with Gasteiger partial charge in [0.25, 0.3) is 0 Å². The molecule has 0 heterocycles. The molecule has 1 N–H and O–H groups in total. The van der Waals surface area contributed by atoms with Crippen molar-refractivity contribution in [3.63, 3.8) is 0 Å². The maximum atomic E-state index is 11.6. The molecule has 88 valence electrons. The summed E-state index contributed by atoms with van der Waals surface area (Å²) in [6, 6.07) is 8.13. The van der Waals surface area contributed by atoms with Crippen LogP contribution in [0.15, 0.2) is 29.2 Å². The molecule has 0 aliphatic carbocycles. The highest BCUT2D eigenvalue weighted by Crippen LogP contribution is 2.14. The smallest absolute Gasteiger partial charge is 0.224 e. The van der Waals surface area contributed by atoms with Gasteiger partial charge in [-0.3, -0.25) is 4.79 Å². The van der Waals surface area contributed by atoms with Crippen molar-refractivity contribution in [1.82, 2.24) is 5.32 Å². The zero-order valence-corrected chi connectivity index (χ0v) is 10.9. The summed E-state index contributed by atoms with van der Waals surface area (Å²) in [4.78, 5) is 12.8. The molecule has 0 aromatic heterocycles. The van der Waals surface area contributed by atoms with Crippen molar-refractivity contribution in [1.29, 1.82) is 0 Å². The second-order valence-corrected chi connectivity index (χ2v) is 5.10. The van der Waals surface area contributed by atoms with Crippen LogP contribution in [0, 0.1) is 5.92 Å². The van der Waals surface area contributed by atoms with Gasteiger partial charge in [0.05, 0.1) is 6.42 Å². The SMILES string of the molecule is CSc1ccc(CC(=O)NCC(C)C)cc1. The van der Waals surface area contributed by atoms with Crippen LogP contribution < -0.4 is 5.32 Å². The predicted molar refractivity (Wildman–Crippen MR) is 69.8 cm³/mol. The van der Waals surface area contributed by atoms with Gasteiger partial charge in [0.15, 0.2) is 0 Å². The second-order valence-electron chi connectivity index (χ2n) is 4.22. The lowest BCUT2D eigenvalue weighted by Gasteiger charge is -2.07. The number of hydrogen-bond acceptors (Lipinski definition) is 2. The number of hydrogen-bond donors (Lipinski definition) is 1. The molecule has 0 saturated carbocycles. The maximum Gasteiger partial charge on any atom is 0.224 e. The zero-order chi connectivity index (χ0) is 12.0. The van der Waals surface area contributed by atoms with Crippen molar-refractivity contribution in [3.8, 4) is 0 Å². The Bertz CT molecular complexity index is 332. The fourth-order valence-electron chi connectivity index (χ4n) is 1.31. The molecule has 1 amide bonds. The van der Waals surface area contributed by atoms with Gasteiger partial charge in [0.2, 0.25) is 5.91 Å². The number of benzene rings is 1. The largest absolute Gasteiger partial charge is 0.356 e. The van der Waals surface area contributed by atoms with Crippen molar-refractivity contribution in [2.75, 3.05) is 12.8 Å². The average molecular weight is 237 g/mol. The van der Waals surface area contributed by atoms with Gasteiger partial charge < -0.3 is 5.32 Å². The van der Waals surface area contributed by atoms with E-state index in [1.165, 1.54) is 4.90 Å². The van der Waals surface area contributed by atoms with Gasteiger partial charge in [-0.2, -0.15) is 0 Å². The molecule has 0 radical (unpaired) electrons. The average Bonchev–Trinajstić information content (AvgIpc) is 2.27. The minimum atomic E-state index is 0.102. The quantitative estimate of drug-likeness (QED) is 0.798. The summed E-state index contributed by atoms with van der Waals surface area (Å²) in [5.41, 5.74) is 1.07. The molecular formula is C13H19NOS. The lowest BCUT2D eigenvalue weighted by Crippen LogP contribution is -2.28. The van der Waals surface area contributed by atoms with E-state index < -0.39 is 0 Å². The van der Waals surface area contributed by atoms with Crippen LogP contribution in [0.3, 0.4) is 0 Å². The molecule has 0 unspecified atom stereocenters. The third kappa shape index (κ3) is 4.71. The van der Waals surface area contributed by atoms with Gasteiger partial charge in [-0.25, -0.2) is 0 Å². The number of rotatable bonds is 5. The first kappa shape index (κ1) is 13.1. The van der Waals surface area contributed by atoms with E-state index in [4.69, 9.17) is 0 Å². The molecular weight excluding hydrogens is 218 g/mol. The van der Waals surface area contributed by atoms with Gasteiger partial charge in [-0.1, -0.05) is 26.0 Å². The van der Waals surface area contributed by atoms with E-state index in [0.717, 1.165) is 12.1 Å². The Morgan fingerprint density at radius 3 is 2.44 bits per heavy atom. The molecule has 0 saturated heterocycles. The fraction of sp³-hybridized carbons (Fsp3) is 0.462. The topological polar surface area (TPSA) is 29.1 Å². The lowest BCUT2D eigenvalue weighted by molar-refractivity contribution is -0.120. The van der Waals surface area contributed by atoms with Crippen LogP contribution in [0.5, 0.6) is 0 Å². The summed E-state index contributed by atoms with van der Waals surface area (Å²) in [6.45, 7) is 4.93. The minimum absolute atomic E-state index is 0.102. The Morgan fingerprint density at radius 1 is 1.31 bits per heavy atom. The molecule has 0 aliphatic heterocycles. The van der Waals surface area contributed by atoms with Crippen LogP contribution in [0.1, 0.15) is 19.4 Å². The summed E-state index contributed by atoms with van der Waals surface area (Å²) in [7, 11) is 0. The molecule has 0 spiro atoms. The van der Waals surface area contributed by atoms with Crippen molar-refractivity contribution >= 4 is 17.7 Å². The van der Waals surface area contributed by atoms with E-state index in [0.29, 0.717) is 12.3 Å². The highest BCUT2D eigenvalue weighted by Gasteiger charge is 2.03. The number of carbonyl (C=O) groups is 1. The molecule has 0 bridgehead atoms. The highest BCUT2D eigenvalue weighted by atomic mass is 32.2. The molecule has 1 aromatic rings. The first-order valence-electron chi connectivity index (χ1n) is 5.51. The van der Waals surface area contributed by atoms with Crippen molar-refractivity contribution in [2.45, 2.75) is 25.2 Å². The van der Waals surface area contributed by atoms with Crippen LogP contribution in [0.2, 0.25) is 0 Å². The van der Waals surface area contributed by atoms with Crippen LogP contribution in [0.25, 0.3) is 0 Å². The van der Waals surface area contributed by atoms with Gasteiger partial charge in [0.1, 0.15) is 0 Å². The number of thioether (sulfide) groups is 1. The zero-order valence-electron chi connectivity index (χ0n) is 10.1. The Hall–Kier alpha value is -0.960. The van der Waals surface area contributed by atoms with Gasteiger partial charge in [-0.15, -0.1) is 11.8 Å². The molecule has 0 atom stereocenters. The summed E-state index contributed by atoms with van der Waals surface area (Å²) in [5.74, 6) is 0.605. The van der Waals surface area contributed by atoms with Gasteiger partial charge >= 0.3 is 0 Å². The molecule has 0 aliphatic rings. The Kier molecular flexibility index (Phi) is 5.39. The first-order chi connectivity index (χ1) is 7.61. The van der Waals surface area contributed by atoms with Crippen LogP contribution in [-0.2, 0) is 11.2 Å². The second kappa shape index (κ2) is 6.59. The van der Waals surface area contributed by atoms with E-state index in [9.17, 15) is 4.79 Å². The van der Waals surface area contributed by atoms with Crippen molar-refractivity contribution in [3.05, 3.63) is 29.8 Å². The van der Waals surface area contributed by atoms with E-state index in [-0.39, 0.29) is 5.91 Å². The minimum Gasteiger partial charge on any atom is -0.356 e. The van der Waals surface area contributed by atoms with Crippen molar-refractivity contribution < 1.29 is 4.79 Å². The Balaban J connectivity index is 2.43. The fourth-order valence-corrected chi connectivity index (χ4v) is 1.72. The van der Waals surface area contributed by atoms with Gasteiger partial charge in [0, 0.05) is 11.4 Å². The molecule has 2 nitrogen and oxygen atoms in total. The normalized spacial score (nSPS) is 10.5. The number of carbonyl (C=O) groups excluding carboxylic acids is 1. The standard InChI is InChI=1S/C13H19NOS/c1-10(2)9-14-13(15)8-11-4-6-12(16-3)7-5-11/h4-7,10H,8-9H2,1-3H3,(H,14,15). The third-order valence-electron chi connectivity index (χ3n) is 2.23. The first-order valence-corrected chi connectivity index (χ1v) is 6.74. The molecule has 1 aromatic carbocycles. The molecule has 1 rings (SSSR count). The highest BCUT2D eigenvalue weighted by molar-refractivity contribution is 7.98. The monoisotopic (exact) mass is 237 g/mol. The van der Waals surface area contributed by atoms with Crippen LogP contribution >= 0.6 is 11.8 Å². The summed E-state index contributed by atoms with van der Waals surface area (Å²) >= 11 is 1.71. The van der Waals surface area contributed by atoms with Gasteiger partial charge in [-0.05, 0) is 29.9 Å². The summed E-state index contributed by atoms with van der Waals surface area (Å²) in [5, 5.41) is 2.92. The van der Waals surface area contributed by atoms with Crippen molar-refractivity contribution in [2.24, 2.45) is 5.92 Å². The van der Waals surface area contributed by atoms with E-state index in [1.54, 1.807) is 11.8 Å². The Morgan fingerprint density at radius 2 is 1.94 bits per heavy atom.